The molecule has 0 bridgehead atoms. The lowest BCUT2D eigenvalue weighted by Crippen LogP contribution is -2.31. The number of nitrogens with one attached hydrogen (secondary N) is 1. The number of pyridine rings is 1. The van der Waals surface area contributed by atoms with Crippen molar-refractivity contribution < 1.29 is 14.3 Å². The van der Waals surface area contributed by atoms with E-state index in [1.165, 1.54) is 11.8 Å². The van der Waals surface area contributed by atoms with Crippen LogP contribution in [0.25, 0.3) is 0 Å². The Kier molecular flexibility index (Phi) is 6.43. The summed E-state index contributed by atoms with van der Waals surface area (Å²) < 4.78 is 6.81. The Hall–Kier alpha value is -2.90. The van der Waals surface area contributed by atoms with Crippen LogP contribution in [-0.2, 0) is 12.5 Å². The van der Waals surface area contributed by atoms with Crippen LogP contribution in [0.3, 0.4) is 0 Å². The molecule has 2 aromatic rings. The maximum Gasteiger partial charge on any atom is 0.275 e. The monoisotopic (exact) mass is 387 g/mol. The second kappa shape index (κ2) is 8.41. The minimum Gasteiger partial charge on any atom is -0.497 e. The Balaban J connectivity index is 2.33. The maximum atomic E-state index is 12.8. The van der Waals surface area contributed by atoms with E-state index in [-0.39, 0.29) is 28.7 Å². The van der Waals surface area contributed by atoms with Crippen LogP contribution in [0.1, 0.15) is 61.3 Å². The molecule has 1 N–H and O–H groups in total. The van der Waals surface area contributed by atoms with E-state index in [0.717, 1.165) is 5.69 Å². The van der Waals surface area contributed by atoms with Gasteiger partial charge in [-0.3, -0.25) is 14.3 Å². The van der Waals surface area contributed by atoms with Gasteiger partial charge in [0.15, 0.2) is 0 Å². The zero-order valence-corrected chi connectivity index (χ0v) is 17.7. The van der Waals surface area contributed by atoms with E-state index in [4.69, 9.17) is 4.74 Å². The van der Waals surface area contributed by atoms with Gasteiger partial charge in [0.2, 0.25) is 0 Å². The summed E-state index contributed by atoms with van der Waals surface area (Å²) in [7, 11) is 3.22. The lowest BCUT2D eigenvalue weighted by atomic mass is 9.92. The summed E-state index contributed by atoms with van der Waals surface area (Å²) in [6.45, 7) is 11.0. The van der Waals surface area contributed by atoms with Crippen LogP contribution in [0, 0.1) is 0 Å². The Morgan fingerprint density at radius 2 is 1.82 bits per heavy atom. The van der Waals surface area contributed by atoms with Gasteiger partial charge in [0.05, 0.1) is 12.8 Å². The first-order valence-corrected chi connectivity index (χ1v) is 9.31. The Labute approximate surface area is 165 Å². The van der Waals surface area contributed by atoms with E-state index in [9.17, 15) is 9.59 Å². The number of hydrogen-bond acceptors (Lipinski definition) is 5. The number of ether oxygens (including phenoxy) is 1. The van der Waals surface area contributed by atoms with Gasteiger partial charge < -0.3 is 15.0 Å². The minimum atomic E-state index is -0.354. The van der Waals surface area contributed by atoms with Crippen LogP contribution in [0.15, 0.2) is 18.2 Å². The number of methoxy groups -OCH3 is 1. The molecule has 0 aromatic carbocycles. The molecule has 2 rings (SSSR count). The van der Waals surface area contributed by atoms with Crippen LogP contribution in [0.4, 0.5) is 5.82 Å². The summed E-state index contributed by atoms with van der Waals surface area (Å²) >= 11 is 0. The summed E-state index contributed by atoms with van der Waals surface area (Å²) in [4.78, 5) is 31.4. The van der Waals surface area contributed by atoms with Crippen molar-refractivity contribution in [1.82, 2.24) is 19.7 Å². The topological polar surface area (TPSA) is 89.4 Å². The minimum absolute atomic E-state index is 0.173. The van der Waals surface area contributed by atoms with Gasteiger partial charge >= 0.3 is 0 Å². The molecule has 0 atom stereocenters. The van der Waals surface area contributed by atoms with Crippen LogP contribution in [0.5, 0.6) is 5.75 Å². The van der Waals surface area contributed by atoms with Crippen LogP contribution in [0.2, 0.25) is 0 Å². The fraction of sp³-hybridized carbons (Fsp3) is 0.500. The Morgan fingerprint density at radius 3 is 2.32 bits per heavy atom. The van der Waals surface area contributed by atoms with E-state index in [1.54, 1.807) is 30.1 Å². The van der Waals surface area contributed by atoms with Crippen molar-refractivity contribution in [3.05, 3.63) is 35.3 Å². The number of aryl methyl sites for hydroxylation is 1. The molecule has 0 unspecified atom stereocenters. The summed E-state index contributed by atoms with van der Waals surface area (Å²) in [5.74, 6) is 0.127. The fourth-order valence-electron chi connectivity index (χ4n) is 2.70. The molecule has 0 spiro atoms. The third-order valence-corrected chi connectivity index (χ3v) is 4.43. The molecule has 0 aliphatic carbocycles. The number of hydrogen-bond donors (Lipinski definition) is 1. The van der Waals surface area contributed by atoms with Crippen molar-refractivity contribution in [1.29, 1.82) is 0 Å². The van der Waals surface area contributed by atoms with Gasteiger partial charge in [0.1, 0.15) is 23.0 Å². The van der Waals surface area contributed by atoms with E-state index < -0.39 is 0 Å². The smallest absolute Gasteiger partial charge is 0.275 e. The van der Waals surface area contributed by atoms with Crippen LogP contribution >= 0.6 is 0 Å². The third kappa shape index (κ3) is 4.68. The molecule has 0 fully saturated rings. The fourth-order valence-corrected chi connectivity index (χ4v) is 2.70. The van der Waals surface area contributed by atoms with Gasteiger partial charge in [-0.05, 0) is 19.9 Å². The van der Waals surface area contributed by atoms with E-state index >= 15 is 0 Å². The Morgan fingerprint density at radius 1 is 1.18 bits per heavy atom. The largest absolute Gasteiger partial charge is 0.497 e. The summed E-state index contributed by atoms with van der Waals surface area (Å²) in [5, 5.41) is 7.17. The number of amides is 2. The number of rotatable bonds is 6. The molecule has 0 aliphatic rings. The van der Waals surface area contributed by atoms with E-state index in [2.05, 4.69) is 15.4 Å². The molecule has 0 saturated heterocycles. The average molecular weight is 387 g/mol. The van der Waals surface area contributed by atoms with Gasteiger partial charge in [-0.1, -0.05) is 20.8 Å². The maximum absolute atomic E-state index is 12.8. The molecule has 2 heterocycles. The van der Waals surface area contributed by atoms with E-state index in [0.29, 0.717) is 24.5 Å². The number of aromatic nitrogens is 3. The van der Waals surface area contributed by atoms with Gasteiger partial charge in [0, 0.05) is 37.7 Å². The molecule has 2 aromatic heterocycles. The second-order valence-corrected chi connectivity index (χ2v) is 7.50. The zero-order valence-electron chi connectivity index (χ0n) is 17.7. The van der Waals surface area contributed by atoms with Crippen LogP contribution in [-0.4, -0.2) is 51.7 Å². The molecule has 8 nitrogen and oxygen atoms in total. The van der Waals surface area contributed by atoms with Gasteiger partial charge in [0.25, 0.3) is 11.8 Å². The highest BCUT2D eigenvalue weighted by Crippen LogP contribution is 2.23. The normalized spacial score (nSPS) is 11.2. The van der Waals surface area contributed by atoms with Crippen molar-refractivity contribution >= 4 is 17.6 Å². The highest BCUT2D eigenvalue weighted by atomic mass is 16.5. The highest BCUT2D eigenvalue weighted by molar-refractivity contribution is 6.03. The first kappa shape index (κ1) is 21.4. The second-order valence-electron chi connectivity index (χ2n) is 7.50. The number of nitrogens with zero attached hydrogens (tertiary/aromatic N) is 4. The first-order valence-electron chi connectivity index (χ1n) is 9.31. The third-order valence-electron chi connectivity index (χ3n) is 4.43. The van der Waals surface area contributed by atoms with Crippen molar-refractivity contribution in [2.24, 2.45) is 7.05 Å². The lowest BCUT2D eigenvalue weighted by molar-refractivity contribution is 0.0766. The number of anilines is 1. The molecule has 0 saturated carbocycles. The summed E-state index contributed by atoms with van der Waals surface area (Å²) in [6, 6.07) is 4.91. The van der Waals surface area contributed by atoms with Gasteiger partial charge in [-0.25, -0.2) is 4.98 Å². The lowest BCUT2D eigenvalue weighted by Gasteiger charge is -2.18. The molecular formula is C20H29N5O3. The first-order chi connectivity index (χ1) is 13.1. The number of carbonyl (C=O) groups excluding carboxylic acids is 2. The van der Waals surface area contributed by atoms with E-state index in [1.807, 2.05) is 34.6 Å². The van der Waals surface area contributed by atoms with Crippen LogP contribution < -0.4 is 10.1 Å². The standard InChI is InChI=1S/C20H29N5O3/c1-8-25(9-2)19(27)14-10-13(28-7)11-17(21-14)22-18(26)15-12-16(20(3,4)5)23-24(15)6/h10-12H,8-9H2,1-7H3,(H,21,22,26). The van der Waals surface area contributed by atoms with Gasteiger partial charge in [-0.15, -0.1) is 0 Å². The van der Waals surface area contributed by atoms with Gasteiger partial charge in [-0.2, -0.15) is 5.10 Å². The molecule has 0 radical (unpaired) electrons. The quantitative estimate of drug-likeness (QED) is 0.823. The van der Waals surface area contributed by atoms with Crippen molar-refractivity contribution in [3.8, 4) is 5.75 Å². The zero-order chi connectivity index (χ0) is 21.1. The predicted octanol–water partition coefficient (Wildman–Crippen LogP) is 2.86. The molecule has 8 heteroatoms. The van der Waals surface area contributed by atoms with Crippen molar-refractivity contribution in [3.63, 3.8) is 0 Å². The predicted molar refractivity (Wildman–Crippen MR) is 108 cm³/mol. The molecule has 2 amide bonds. The summed E-state index contributed by atoms with van der Waals surface area (Å²) in [5.41, 5.74) is 1.27. The number of carbonyl (C=O) groups is 2. The molecule has 28 heavy (non-hydrogen) atoms. The molecule has 0 aliphatic heterocycles. The molecular weight excluding hydrogens is 358 g/mol. The van der Waals surface area contributed by atoms with Crippen molar-refractivity contribution in [2.75, 3.05) is 25.5 Å². The summed E-state index contributed by atoms with van der Waals surface area (Å²) in [6.07, 6.45) is 0. The average Bonchev–Trinajstić information content (AvgIpc) is 3.04. The highest BCUT2D eigenvalue weighted by Gasteiger charge is 2.23. The van der Waals surface area contributed by atoms with Crippen molar-refractivity contribution in [2.45, 2.75) is 40.0 Å². The SMILES string of the molecule is CCN(CC)C(=O)c1cc(OC)cc(NC(=O)c2cc(C(C)(C)C)nn2C)n1. The Bertz CT molecular complexity index is 863. The molecule has 152 valence electrons.